The van der Waals surface area contributed by atoms with Gasteiger partial charge in [0.15, 0.2) is 5.96 Å². The van der Waals surface area contributed by atoms with E-state index in [9.17, 15) is 0 Å². The average molecular weight is 240 g/mol. The number of aliphatic imine (C=N–C) groups is 1. The van der Waals surface area contributed by atoms with Crippen LogP contribution in [0, 0.1) is 13.8 Å². The Balaban J connectivity index is 2.64. The Hall–Kier alpha value is -1.10. The van der Waals surface area contributed by atoms with Crippen LogP contribution in [0.3, 0.4) is 0 Å². The van der Waals surface area contributed by atoms with Crippen molar-refractivity contribution in [1.29, 1.82) is 0 Å². The predicted molar refractivity (Wildman–Crippen MR) is 70.1 cm³/mol. The van der Waals surface area contributed by atoms with Crippen LogP contribution < -0.4 is 10.6 Å². The number of aryl methyl sites for hydroxylation is 2. The van der Waals surface area contributed by atoms with Gasteiger partial charge in [0.25, 0.3) is 0 Å². The lowest BCUT2D eigenvalue weighted by molar-refractivity contribution is 0.840. The lowest BCUT2D eigenvalue weighted by atomic mass is 10.4. The molecular weight excluding hydrogens is 220 g/mol. The Kier molecular flexibility index (Phi) is 5.25. The molecule has 0 atom stereocenters. The average Bonchev–Trinajstić information content (AvgIpc) is 2.54. The molecule has 0 aliphatic heterocycles. The van der Waals surface area contributed by atoms with Gasteiger partial charge in [0.05, 0.1) is 17.2 Å². The highest BCUT2D eigenvalue weighted by Crippen LogP contribution is 2.17. The maximum atomic E-state index is 4.51. The zero-order chi connectivity index (χ0) is 12.0. The lowest BCUT2D eigenvalue weighted by Crippen LogP contribution is -2.36. The van der Waals surface area contributed by atoms with Gasteiger partial charge in [-0.1, -0.05) is 0 Å². The summed E-state index contributed by atoms with van der Waals surface area (Å²) in [5, 5.41) is 7.51. The molecule has 0 aliphatic rings. The second kappa shape index (κ2) is 6.48. The topological polar surface area (TPSA) is 49.3 Å². The minimum Gasteiger partial charge on any atom is -0.357 e. The standard InChI is InChI=1S/C11H20N4S/c1-5-12-11(13-6-2)14-7-10-8(3)15-9(4)16-10/h5-7H2,1-4H3,(H2,12,13,14). The highest BCUT2D eigenvalue weighted by molar-refractivity contribution is 7.11. The number of thiazole rings is 1. The third kappa shape index (κ3) is 3.81. The third-order valence-corrected chi connectivity index (χ3v) is 3.13. The van der Waals surface area contributed by atoms with Crippen LogP contribution in [0.15, 0.2) is 4.99 Å². The molecule has 4 nitrogen and oxygen atoms in total. The molecule has 5 heteroatoms. The van der Waals surface area contributed by atoms with E-state index in [-0.39, 0.29) is 0 Å². The molecule has 0 spiro atoms. The van der Waals surface area contributed by atoms with Gasteiger partial charge in [-0.2, -0.15) is 0 Å². The Bertz CT molecular complexity index is 349. The number of nitrogens with one attached hydrogen (secondary N) is 2. The fraction of sp³-hybridized carbons (Fsp3) is 0.636. The highest BCUT2D eigenvalue weighted by Gasteiger charge is 2.04. The molecule has 0 radical (unpaired) electrons. The zero-order valence-electron chi connectivity index (χ0n) is 10.4. The SMILES string of the molecule is CCNC(=NCc1sc(C)nc1C)NCC. The molecule has 0 unspecified atom stereocenters. The van der Waals surface area contributed by atoms with Crippen LogP contribution in [0.1, 0.15) is 29.4 Å². The van der Waals surface area contributed by atoms with Crippen LogP contribution in [-0.2, 0) is 6.54 Å². The van der Waals surface area contributed by atoms with E-state index >= 15 is 0 Å². The molecule has 90 valence electrons. The molecule has 16 heavy (non-hydrogen) atoms. The predicted octanol–water partition coefficient (Wildman–Crippen LogP) is 1.83. The summed E-state index contributed by atoms with van der Waals surface area (Å²) in [5.74, 6) is 0.871. The van der Waals surface area contributed by atoms with Gasteiger partial charge in [0.1, 0.15) is 0 Å². The second-order valence-corrected chi connectivity index (χ2v) is 4.75. The number of rotatable bonds is 4. The molecule has 0 saturated heterocycles. The summed E-state index contributed by atoms with van der Waals surface area (Å²) in [5.41, 5.74) is 1.10. The molecule has 1 heterocycles. The summed E-state index contributed by atoms with van der Waals surface area (Å²) in [7, 11) is 0. The Morgan fingerprint density at radius 3 is 2.31 bits per heavy atom. The van der Waals surface area contributed by atoms with E-state index in [4.69, 9.17) is 0 Å². The second-order valence-electron chi connectivity index (χ2n) is 3.47. The molecule has 2 N–H and O–H groups in total. The molecule has 1 rings (SSSR count). The van der Waals surface area contributed by atoms with E-state index < -0.39 is 0 Å². The van der Waals surface area contributed by atoms with E-state index in [1.54, 1.807) is 11.3 Å². The first-order valence-corrected chi connectivity index (χ1v) is 6.44. The first kappa shape index (κ1) is 13.0. The van der Waals surface area contributed by atoms with Gasteiger partial charge >= 0.3 is 0 Å². The molecule has 0 fully saturated rings. The summed E-state index contributed by atoms with van der Waals surface area (Å²) in [6.45, 7) is 10.7. The Labute approximate surface area is 101 Å². The van der Waals surface area contributed by atoms with Crippen molar-refractivity contribution in [2.75, 3.05) is 13.1 Å². The van der Waals surface area contributed by atoms with Gasteiger partial charge in [-0.25, -0.2) is 9.98 Å². The number of aromatic nitrogens is 1. The molecule has 1 aromatic heterocycles. The molecule has 0 aromatic carbocycles. The maximum absolute atomic E-state index is 4.51. The summed E-state index contributed by atoms with van der Waals surface area (Å²) >= 11 is 1.72. The molecule has 0 aliphatic carbocycles. The van der Waals surface area contributed by atoms with E-state index in [1.807, 2.05) is 13.8 Å². The van der Waals surface area contributed by atoms with Crippen LogP contribution in [0.5, 0.6) is 0 Å². The van der Waals surface area contributed by atoms with Gasteiger partial charge in [-0.15, -0.1) is 11.3 Å². The van der Waals surface area contributed by atoms with Crippen molar-refractivity contribution in [3.05, 3.63) is 15.6 Å². The zero-order valence-corrected chi connectivity index (χ0v) is 11.2. The van der Waals surface area contributed by atoms with Crippen LogP contribution >= 0.6 is 11.3 Å². The quantitative estimate of drug-likeness (QED) is 0.623. The number of hydrogen-bond acceptors (Lipinski definition) is 3. The van der Waals surface area contributed by atoms with E-state index in [2.05, 4.69) is 34.5 Å². The Morgan fingerprint density at radius 2 is 1.88 bits per heavy atom. The van der Waals surface area contributed by atoms with E-state index in [1.165, 1.54) is 4.88 Å². The molecule has 0 amide bonds. The molecule has 0 bridgehead atoms. The maximum Gasteiger partial charge on any atom is 0.191 e. The van der Waals surface area contributed by atoms with Crippen molar-refractivity contribution in [2.45, 2.75) is 34.2 Å². The van der Waals surface area contributed by atoms with E-state index in [0.29, 0.717) is 6.54 Å². The summed E-state index contributed by atoms with van der Waals surface area (Å²) < 4.78 is 0. The van der Waals surface area contributed by atoms with Crippen LogP contribution in [0.4, 0.5) is 0 Å². The number of guanidine groups is 1. The minimum atomic E-state index is 0.701. The van der Waals surface area contributed by atoms with Gasteiger partial charge in [0.2, 0.25) is 0 Å². The van der Waals surface area contributed by atoms with E-state index in [0.717, 1.165) is 29.8 Å². The fourth-order valence-corrected chi connectivity index (χ4v) is 2.24. The first-order chi connectivity index (χ1) is 7.67. The van der Waals surface area contributed by atoms with Crippen LogP contribution in [0.25, 0.3) is 0 Å². The summed E-state index contributed by atoms with van der Waals surface area (Å²) in [4.78, 5) is 10.1. The largest absolute Gasteiger partial charge is 0.357 e. The van der Waals surface area contributed by atoms with Crippen molar-refractivity contribution < 1.29 is 0 Å². The van der Waals surface area contributed by atoms with Gasteiger partial charge < -0.3 is 10.6 Å². The minimum absolute atomic E-state index is 0.701. The van der Waals surface area contributed by atoms with Crippen molar-refractivity contribution in [3.63, 3.8) is 0 Å². The van der Waals surface area contributed by atoms with Gasteiger partial charge in [-0.3, -0.25) is 0 Å². The summed E-state index contributed by atoms with van der Waals surface area (Å²) in [6, 6.07) is 0. The van der Waals surface area contributed by atoms with Crippen molar-refractivity contribution >= 4 is 17.3 Å². The van der Waals surface area contributed by atoms with Crippen molar-refractivity contribution in [1.82, 2.24) is 15.6 Å². The highest BCUT2D eigenvalue weighted by atomic mass is 32.1. The third-order valence-electron chi connectivity index (χ3n) is 2.07. The fourth-order valence-electron chi connectivity index (χ4n) is 1.38. The summed E-state index contributed by atoms with van der Waals surface area (Å²) in [6.07, 6.45) is 0. The van der Waals surface area contributed by atoms with Gasteiger partial charge in [-0.05, 0) is 27.7 Å². The monoisotopic (exact) mass is 240 g/mol. The number of nitrogens with zero attached hydrogens (tertiary/aromatic N) is 2. The van der Waals surface area contributed by atoms with Crippen LogP contribution in [0.2, 0.25) is 0 Å². The molecule has 0 saturated carbocycles. The normalized spacial score (nSPS) is 10.0. The smallest absolute Gasteiger partial charge is 0.191 e. The van der Waals surface area contributed by atoms with Crippen molar-refractivity contribution in [2.24, 2.45) is 4.99 Å². The molecule has 1 aromatic rings. The van der Waals surface area contributed by atoms with Crippen molar-refractivity contribution in [3.8, 4) is 0 Å². The Morgan fingerprint density at radius 1 is 1.25 bits per heavy atom. The lowest BCUT2D eigenvalue weighted by Gasteiger charge is -2.08. The van der Waals surface area contributed by atoms with Crippen LogP contribution in [-0.4, -0.2) is 24.0 Å². The molecular formula is C11H20N4S. The van der Waals surface area contributed by atoms with Gasteiger partial charge in [0, 0.05) is 18.0 Å². The number of hydrogen-bond donors (Lipinski definition) is 2. The first-order valence-electron chi connectivity index (χ1n) is 5.62.